The van der Waals surface area contributed by atoms with Gasteiger partial charge >= 0.3 is 0 Å². The van der Waals surface area contributed by atoms with Gasteiger partial charge in [-0.3, -0.25) is 9.69 Å². The Morgan fingerprint density at radius 1 is 1.03 bits per heavy atom. The van der Waals surface area contributed by atoms with Crippen LogP contribution in [0.3, 0.4) is 0 Å². The Labute approximate surface area is 188 Å². The quantitative estimate of drug-likeness (QED) is 0.724. The van der Waals surface area contributed by atoms with Crippen molar-refractivity contribution in [1.29, 1.82) is 0 Å². The Morgan fingerprint density at radius 3 is 2.21 bits per heavy atom. The highest BCUT2D eigenvalue weighted by Crippen LogP contribution is 2.33. The Bertz CT molecular complexity index is 620. The summed E-state index contributed by atoms with van der Waals surface area (Å²) in [6.45, 7) is 7.71. The molecule has 0 spiro atoms. The molecule has 3 aliphatic rings. The minimum atomic E-state index is 0. The van der Waals surface area contributed by atoms with Crippen molar-refractivity contribution in [1.82, 2.24) is 15.5 Å². The molecule has 1 aromatic rings. The average molecular weight is 442 g/mol. The maximum atomic E-state index is 12.7. The summed E-state index contributed by atoms with van der Waals surface area (Å²) >= 11 is 0. The van der Waals surface area contributed by atoms with Crippen molar-refractivity contribution in [2.24, 2.45) is 17.8 Å². The van der Waals surface area contributed by atoms with E-state index in [1.54, 1.807) is 0 Å². The lowest BCUT2D eigenvalue weighted by molar-refractivity contribution is -0.124. The van der Waals surface area contributed by atoms with E-state index in [1.165, 1.54) is 31.2 Å². The van der Waals surface area contributed by atoms with Crippen molar-refractivity contribution in [3.63, 3.8) is 0 Å². The molecule has 3 saturated heterocycles. The molecule has 1 amide bonds. The zero-order chi connectivity index (χ0) is 18.8. The maximum Gasteiger partial charge on any atom is 0.220 e. The van der Waals surface area contributed by atoms with Crippen LogP contribution < -0.4 is 10.6 Å². The maximum absolute atomic E-state index is 12.7. The molecule has 4 rings (SSSR count). The summed E-state index contributed by atoms with van der Waals surface area (Å²) in [5.74, 6) is 1.84. The van der Waals surface area contributed by atoms with Crippen molar-refractivity contribution >= 4 is 30.7 Å². The summed E-state index contributed by atoms with van der Waals surface area (Å²) in [7, 11) is 0. The Hall–Kier alpha value is -0.810. The Kier molecular flexibility index (Phi) is 9.27. The molecule has 0 radical (unpaired) electrons. The van der Waals surface area contributed by atoms with Crippen LogP contribution in [0.1, 0.15) is 51.5 Å². The van der Waals surface area contributed by atoms with Crippen LogP contribution in [0.25, 0.3) is 0 Å². The number of halogens is 2. The number of carbonyl (C=O) groups excluding carboxylic acids is 1. The van der Waals surface area contributed by atoms with Crippen molar-refractivity contribution in [2.75, 3.05) is 13.1 Å². The first-order valence-corrected chi connectivity index (χ1v) is 10.9. The zero-order valence-corrected chi connectivity index (χ0v) is 19.3. The highest BCUT2D eigenvalue weighted by molar-refractivity contribution is 5.85. The van der Waals surface area contributed by atoms with Crippen LogP contribution in [0.2, 0.25) is 0 Å². The number of carbonyl (C=O) groups is 1. The van der Waals surface area contributed by atoms with Gasteiger partial charge in [0.15, 0.2) is 0 Å². The predicted octanol–water partition coefficient (Wildman–Crippen LogP) is 4.02. The third kappa shape index (κ3) is 6.33. The number of rotatable bonds is 5. The number of amides is 1. The standard InChI is InChI=1S/C23H35N3O.2ClH/c1-16-13-26(15-18-6-4-3-5-7-18)14-17(2)23(16)25-22(27)12-19-10-20-8-9-21(11-19)24-20;;/h3-7,16-17,19-21,23-24H,8-15H2,1-2H3,(H,25,27);2*1H. The molecule has 2 bridgehead atoms. The number of piperidine rings is 2. The predicted molar refractivity (Wildman–Crippen MR) is 124 cm³/mol. The van der Waals surface area contributed by atoms with Crippen LogP contribution in [-0.4, -0.2) is 42.0 Å². The largest absolute Gasteiger partial charge is 0.353 e. The normalized spacial score (nSPS) is 34.0. The van der Waals surface area contributed by atoms with Gasteiger partial charge in [-0.2, -0.15) is 0 Å². The molecule has 3 aliphatic heterocycles. The van der Waals surface area contributed by atoms with E-state index in [2.05, 4.69) is 59.7 Å². The summed E-state index contributed by atoms with van der Waals surface area (Å²) in [4.78, 5) is 15.3. The molecule has 3 fully saturated rings. The molecule has 4 atom stereocenters. The second kappa shape index (κ2) is 11.0. The van der Waals surface area contributed by atoms with E-state index in [0.717, 1.165) is 26.1 Å². The monoisotopic (exact) mass is 441 g/mol. The van der Waals surface area contributed by atoms with Crippen LogP contribution in [0.5, 0.6) is 0 Å². The first-order chi connectivity index (χ1) is 13.1. The van der Waals surface area contributed by atoms with E-state index in [0.29, 0.717) is 35.9 Å². The summed E-state index contributed by atoms with van der Waals surface area (Å²) in [6, 6.07) is 12.4. The van der Waals surface area contributed by atoms with Gasteiger partial charge in [0.2, 0.25) is 5.91 Å². The first-order valence-electron chi connectivity index (χ1n) is 10.9. The first kappa shape index (κ1) is 24.5. The molecular weight excluding hydrogens is 405 g/mol. The minimum Gasteiger partial charge on any atom is -0.353 e. The third-order valence-electron chi connectivity index (χ3n) is 6.94. The highest BCUT2D eigenvalue weighted by atomic mass is 35.5. The number of fused-ring (bicyclic) bond motifs is 2. The van der Waals surface area contributed by atoms with E-state index in [-0.39, 0.29) is 30.7 Å². The van der Waals surface area contributed by atoms with Crippen molar-refractivity contribution < 1.29 is 4.79 Å². The van der Waals surface area contributed by atoms with Crippen LogP contribution in [-0.2, 0) is 11.3 Å². The van der Waals surface area contributed by atoms with Gasteiger partial charge < -0.3 is 10.6 Å². The molecule has 4 unspecified atom stereocenters. The second-order valence-corrected chi connectivity index (χ2v) is 9.41. The number of nitrogens with zero attached hydrogens (tertiary/aromatic N) is 1. The van der Waals surface area contributed by atoms with Crippen LogP contribution in [0, 0.1) is 17.8 Å². The van der Waals surface area contributed by atoms with Crippen molar-refractivity contribution in [3.05, 3.63) is 35.9 Å². The summed E-state index contributed by atoms with van der Waals surface area (Å²) in [5.41, 5.74) is 1.37. The molecule has 0 aliphatic carbocycles. The van der Waals surface area contributed by atoms with Crippen LogP contribution in [0.15, 0.2) is 30.3 Å². The van der Waals surface area contributed by atoms with Gasteiger partial charge in [-0.05, 0) is 49.0 Å². The molecule has 6 heteroatoms. The van der Waals surface area contributed by atoms with E-state index in [4.69, 9.17) is 0 Å². The number of nitrogens with one attached hydrogen (secondary N) is 2. The van der Waals surface area contributed by atoms with E-state index >= 15 is 0 Å². The average Bonchev–Trinajstić information content (AvgIpc) is 2.97. The fourth-order valence-electron chi connectivity index (χ4n) is 5.78. The van der Waals surface area contributed by atoms with E-state index < -0.39 is 0 Å². The van der Waals surface area contributed by atoms with E-state index in [1.807, 2.05) is 0 Å². The molecule has 164 valence electrons. The molecule has 4 nitrogen and oxygen atoms in total. The fourth-order valence-corrected chi connectivity index (χ4v) is 5.78. The van der Waals surface area contributed by atoms with Gasteiger partial charge in [0.05, 0.1) is 0 Å². The Balaban J connectivity index is 0.00000150. The lowest BCUT2D eigenvalue weighted by Gasteiger charge is -2.42. The fraction of sp³-hybridized carbons (Fsp3) is 0.696. The van der Waals surface area contributed by atoms with Gasteiger partial charge in [-0.25, -0.2) is 0 Å². The van der Waals surface area contributed by atoms with E-state index in [9.17, 15) is 4.79 Å². The topological polar surface area (TPSA) is 44.4 Å². The molecule has 29 heavy (non-hydrogen) atoms. The highest BCUT2D eigenvalue weighted by Gasteiger charge is 2.36. The van der Waals surface area contributed by atoms with Gasteiger partial charge in [0, 0.05) is 44.2 Å². The third-order valence-corrected chi connectivity index (χ3v) is 6.94. The van der Waals surface area contributed by atoms with Crippen molar-refractivity contribution in [2.45, 2.75) is 70.6 Å². The molecule has 3 heterocycles. The SMILES string of the molecule is CC1CN(Cc2ccccc2)CC(C)C1NC(=O)CC1CC2CCC(C1)N2.Cl.Cl. The molecule has 2 N–H and O–H groups in total. The summed E-state index contributed by atoms with van der Waals surface area (Å²) in [6.07, 6.45) is 5.70. The molecule has 0 saturated carbocycles. The molecular formula is C23H37Cl2N3O. The number of benzene rings is 1. The number of hydrogen-bond acceptors (Lipinski definition) is 3. The molecule has 1 aromatic carbocycles. The van der Waals surface area contributed by atoms with Gasteiger partial charge in [-0.15, -0.1) is 24.8 Å². The van der Waals surface area contributed by atoms with Gasteiger partial charge in [0.1, 0.15) is 0 Å². The van der Waals surface area contributed by atoms with Gasteiger partial charge in [-0.1, -0.05) is 44.2 Å². The molecule has 0 aromatic heterocycles. The zero-order valence-electron chi connectivity index (χ0n) is 17.7. The lowest BCUT2D eigenvalue weighted by Crippen LogP contribution is -2.54. The smallest absolute Gasteiger partial charge is 0.220 e. The second-order valence-electron chi connectivity index (χ2n) is 9.41. The number of likely N-dealkylation sites (tertiary alicyclic amines) is 1. The Morgan fingerprint density at radius 2 is 1.62 bits per heavy atom. The number of hydrogen-bond donors (Lipinski definition) is 2. The van der Waals surface area contributed by atoms with Crippen molar-refractivity contribution in [3.8, 4) is 0 Å². The van der Waals surface area contributed by atoms with Crippen LogP contribution >= 0.6 is 24.8 Å². The van der Waals surface area contributed by atoms with Crippen LogP contribution in [0.4, 0.5) is 0 Å². The van der Waals surface area contributed by atoms with Gasteiger partial charge in [0.25, 0.3) is 0 Å². The lowest BCUT2D eigenvalue weighted by atomic mass is 9.84. The minimum absolute atomic E-state index is 0. The summed E-state index contributed by atoms with van der Waals surface area (Å²) in [5, 5.41) is 7.09. The summed E-state index contributed by atoms with van der Waals surface area (Å²) < 4.78 is 0.